The number of imide groups is 2. The molecule has 0 saturated carbocycles. The van der Waals surface area contributed by atoms with Gasteiger partial charge in [-0.05, 0) is 212 Å². The van der Waals surface area contributed by atoms with Crippen LogP contribution in [0.1, 0.15) is 100 Å². The van der Waals surface area contributed by atoms with E-state index in [4.69, 9.17) is 18.9 Å². The Labute approximate surface area is 533 Å². The number of rotatable bonds is 11. The summed E-state index contributed by atoms with van der Waals surface area (Å²) >= 11 is 0. The fourth-order valence-electron chi connectivity index (χ4n) is 10.0. The molecule has 450 valence electrons. The minimum Gasteiger partial charge on any atom is -0.497 e. The van der Waals surface area contributed by atoms with Gasteiger partial charge in [-0.3, -0.25) is 19.2 Å². The number of ether oxygens (including phenoxy) is 4. The Hall–Kier alpha value is -12.8. The highest BCUT2D eigenvalue weighted by Gasteiger charge is 2.38. The molecule has 0 aliphatic carbocycles. The quantitative estimate of drug-likeness (QED) is 0.0514. The molecular weight excluding hydrogens is 1190 g/mol. The average molecular weight is 1240 g/mol. The van der Waals surface area contributed by atoms with Gasteiger partial charge in [-0.25, -0.2) is 32.6 Å². The Morgan fingerprint density at radius 2 is 0.710 bits per heavy atom. The van der Waals surface area contributed by atoms with Crippen molar-refractivity contribution in [3.05, 3.63) is 322 Å². The summed E-state index contributed by atoms with van der Waals surface area (Å²) in [4.78, 5) is 95.6. The molecule has 4 amide bonds. The summed E-state index contributed by atoms with van der Waals surface area (Å²) in [5.74, 6) is 9.47. The number of sulfone groups is 1. The number of hydrogen-bond acceptors (Lipinski definition) is 13. The Bertz CT molecular complexity index is 5070. The van der Waals surface area contributed by atoms with Crippen molar-refractivity contribution in [2.75, 3.05) is 16.9 Å². The Balaban J connectivity index is 0.000000398. The first kappa shape index (κ1) is 60.5. The zero-order valence-electron chi connectivity index (χ0n) is 49.4. The van der Waals surface area contributed by atoms with E-state index in [1.165, 1.54) is 72.8 Å². The number of carbonyl (C=O) groups excluding carboxylic acids is 7. The second kappa shape index (κ2) is 26.1. The summed E-state index contributed by atoms with van der Waals surface area (Å²) in [6, 6.07) is 69.4. The monoisotopic (exact) mass is 1240 g/mol. The third-order valence-electron chi connectivity index (χ3n) is 14.9. The first-order chi connectivity index (χ1) is 45.1. The van der Waals surface area contributed by atoms with Crippen molar-refractivity contribution < 1.29 is 60.9 Å². The predicted octanol–water partition coefficient (Wildman–Crippen LogP) is 13.7. The summed E-state index contributed by atoms with van der Waals surface area (Å²) in [6.45, 7) is 1.92. The first-order valence-electron chi connectivity index (χ1n) is 28.7. The van der Waals surface area contributed by atoms with Crippen LogP contribution in [0.2, 0.25) is 0 Å². The normalized spacial score (nSPS) is 12.1. The fourth-order valence-corrected chi connectivity index (χ4v) is 11.3. The lowest BCUT2D eigenvalue weighted by Gasteiger charge is -2.14. The summed E-state index contributed by atoms with van der Waals surface area (Å²) < 4.78 is 46.4. The maximum absolute atomic E-state index is 13.4. The van der Waals surface area contributed by atoms with Crippen molar-refractivity contribution in [1.82, 2.24) is 0 Å². The fraction of sp³-hybridized carbons (Fsp3) is 0.0260. The van der Waals surface area contributed by atoms with Crippen LogP contribution in [0.3, 0.4) is 0 Å². The van der Waals surface area contributed by atoms with Crippen LogP contribution in [0.4, 0.5) is 11.4 Å². The van der Waals surface area contributed by atoms with Gasteiger partial charge in [-0.1, -0.05) is 89.9 Å². The van der Waals surface area contributed by atoms with Gasteiger partial charge in [-0.15, -0.1) is 0 Å². The van der Waals surface area contributed by atoms with E-state index in [0.717, 1.165) is 26.5 Å². The number of carbonyl (C=O) groups is 7. The number of benzene rings is 11. The SMILES string of the molecule is COc1ccc(S(=O)(=O)c2ccc(C)cc2)cc1.O=C(Oc1ccc(C(=O)Oc2ccc3cc(C(=O)Oc4ccc(N5C(=O)c6ccc(C#Cc7ccccc7)cc6C5=O)cc4)ccc3c2)cc1)c1ccc(N2C(=O)c3ccc(C#Cc4ccccc4)cc3C2=O)cc1. The lowest BCUT2D eigenvalue weighted by atomic mass is 10.1. The van der Waals surface area contributed by atoms with E-state index < -0.39 is 51.4 Å². The van der Waals surface area contributed by atoms with E-state index in [-0.39, 0.29) is 66.8 Å². The van der Waals surface area contributed by atoms with Gasteiger partial charge in [0.25, 0.3) is 23.6 Å². The zero-order chi connectivity index (χ0) is 64.8. The molecule has 2 aliphatic heterocycles. The molecule has 0 unspecified atom stereocenters. The van der Waals surface area contributed by atoms with Crippen molar-refractivity contribution in [2.24, 2.45) is 0 Å². The van der Waals surface area contributed by atoms with E-state index in [1.807, 2.05) is 67.6 Å². The molecule has 0 atom stereocenters. The largest absolute Gasteiger partial charge is 0.497 e. The van der Waals surface area contributed by atoms with Gasteiger partial charge in [0.15, 0.2) is 0 Å². The second-order valence-electron chi connectivity index (χ2n) is 21.1. The maximum Gasteiger partial charge on any atom is 0.343 e. The van der Waals surface area contributed by atoms with E-state index in [2.05, 4.69) is 23.7 Å². The van der Waals surface area contributed by atoms with E-state index in [9.17, 15) is 42.0 Å². The van der Waals surface area contributed by atoms with Gasteiger partial charge in [0, 0.05) is 22.3 Å². The molecule has 13 rings (SSSR count). The molecule has 11 aromatic carbocycles. The number of amides is 4. The average Bonchev–Trinajstić information content (AvgIpc) is 1.64. The molecule has 0 bridgehead atoms. The molecule has 2 heterocycles. The zero-order valence-corrected chi connectivity index (χ0v) is 50.2. The van der Waals surface area contributed by atoms with Gasteiger partial charge < -0.3 is 18.9 Å². The molecule has 0 fully saturated rings. The third-order valence-corrected chi connectivity index (χ3v) is 16.7. The topological polar surface area (TPSA) is 197 Å². The lowest BCUT2D eigenvalue weighted by molar-refractivity contribution is 0.0723. The number of nitrogens with zero attached hydrogens (tertiary/aromatic N) is 2. The molecule has 2 aliphatic rings. The molecule has 0 radical (unpaired) electrons. The van der Waals surface area contributed by atoms with Crippen LogP contribution >= 0.6 is 0 Å². The van der Waals surface area contributed by atoms with E-state index in [0.29, 0.717) is 38.2 Å². The summed E-state index contributed by atoms with van der Waals surface area (Å²) in [5, 5.41) is 1.35. The summed E-state index contributed by atoms with van der Waals surface area (Å²) in [5.41, 5.74) is 6.05. The highest BCUT2D eigenvalue weighted by atomic mass is 32.2. The molecule has 0 aromatic heterocycles. The van der Waals surface area contributed by atoms with Crippen molar-refractivity contribution in [3.63, 3.8) is 0 Å². The predicted molar refractivity (Wildman–Crippen MR) is 348 cm³/mol. The number of fused-ring (bicyclic) bond motifs is 3. The molecule has 16 heteroatoms. The molecule has 11 aromatic rings. The number of methoxy groups -OCH3 is 1. The number of esters is 3. The van der Waals surface area contributed by atoms with Gasteiger partial charge in [0.1, 0.15) is 23.0 Å². The maximum atomic E-state index is 13.4. The van der Waals surface area contributed by atoms with Crippen LogP contribution in [-0.4, -0.2) is 57.1 Å². The summed E-state index contributed by atoms with van der Waals surface area (Å²) in [7, 11) is -1.89. The number of hydrogen-bond donors (Lipinski definition) is 0. The van der Waals surface area contributed by atoms with Crippen LogP contribution in [0.25, 0.3) is 10.8 Å². The number of aryl methyl sites for hydroxylation is 1. The standard InChI is InChI=1S/C63H34N2O10.C14H14O3S/c66-57-53-33-15-41(13-11-39-7-3-1-4-8-39)35-55(53)59(68)64(57)48-24-19-43(20-25-48)61(70)73-50-28-21-44(22-29-50)62(71)75-52-30-23-45-37-47(18-17-46(45)38-52)63(72)74-51-31-26-49(27-32-51)65-58(67)54-34-16-42(36-56(54)60(65)69)14-12-40-9-5-2-6-10-40;1-11-3-7-13(8-4-11)18(15,16)14-9-5-12(17-2)6-10-14/h1-10,15-38H;3-10H,1-2H3. The van der Waals surface area contributed by atoms with Crippen molar-refractivity contribution in [2.45, 2.75) is 16.7 Å². The molecule has 93 heavy (non-hydrogen) atoms. The van der Waals surface area contributed by atoms with Crippen LogP contribution in [-0.2, 0) is 9.84 Å². The van der Waals surface area contributed by atoms with Gasteiger partial charge >= 0.3 is 17.9 Å². The van der Waals surface area contributed by atoms with Gasteiger partial charge in [0.05, 0.1) is 67.2 Å². The smallest absolute Gasteiger partial charge is 0.343 e. The van der Waals surface area contributed by atoms with E-state index >= 15 is 0 Å². The van der Waals surface area contributed by atoms with Crippen molar-refractivity contribution in [1.29, 1.82) is 0 Å². The Morgan fingerprint density at radius 1 is 0.344 bits per heavy atom. The number of anilines is 2. The molecule has 0 saturated heterocycles. The summed E-state index contributed by atoms with van der Waals surface area (Å²) in [6.07, 6.45) is 0. The molecule has 0 N–H and O–H groups in total. The minimum atomic E-state index is -3.44. The highest BCUT2D eigenvalue weighted by Crippen LogP contribution is 2.33. The molecule has 0 spiro atoms. The van der Waals surface area contributed by atoms with Crippen LogP contribution in [0.15, 0.2) is 265 Å². The van der Waals surface area contributed by atoms with E-state index in [1.54, 1.807) is 128 Å². The second-order valence-corrected chi connectivity index (χ2v) is 23.0. The van der Waals surface area contributed by atoms with Gasteiger partial charge in [-0.2, -0.15) is 0 Å². The highest BCUT2D eigenvalue weighted by molar-refractivity contribution is 7.91. The minimum absolute atomic E-state index is 0.158. The first-order valence-corrected chi connectivity index (χ1v) is 30.2. The Morgan fingerprint density at radius 3 is 1.20 bits per heavy atom. The molecular formula is C77H48N2O13S. The van der Waals surface area contributed by atoms with Crippen molar-refractivity contribution in [3.8, 4) is 46.7 Å². The molecule has 15 nitrogen and oxygen atoms in total. The van der Waals surface area contributed by atoms with Gasteiger partial charge in [0.2, 0.25) is 9.84 Å². The van der Waals surface area contributed by atoms with Crippen molar-refractivity contribution >= 4 is 73.5 Å². The van der Waals surface area contributed by atoms with Crippen LogP contribution < -0.4 is 28.7 Å². The van der Waals surface area contributed by atoms with Crippen LogP contribution in [0.5, 0.6) is 23.0 Å². The van der Waals surface area contributed by atoms with Crippen LogP contribution in [0, 0.1) is 30.6 Å². The lowest BCUT2D eigenvalue weighted by Crippen LogP contribution is -2.29. The third kappa shape index (κ3) is 13.2. The Kier molecular flexibility index (Phi) is 17.0.